The Balaban J connectivity index is 1.85. The number of aliphatic hydroxyl groups is 1. The molecule has 12 heteroatoms. The third-order valence-corrected chi connectivity index (χ3v) is 6.01. The van der Waals surface area contributed by atoms with Crippen LogP contribution in [0, 0.1) is 13.8 Å². The largest absolute Gasteiger partial charge is 0.382 e. The molecule has 4 heterocycles. The predicted octanol–water partition coefficient (Wildman–Crippen LogP) is 3.22. The maximum Gasteiger partial charge on any atom is 0.325 e. The minimum absolute atomic E-state index is 0.167. The van der Waals surface area contributed by atoms with Crippen molar-refractivity contribution in [3.05, 3.63) is 64.0 Å². The molecule has 0 atom stereocenters. The molecule has 4 aromatic rings. The van der Waals surface area contributed by atoms with Crippen LogP contribution in [-0.4, -0.2) is 42.0 Å². The lowest BCUT2D eigenvalue weighted by Gasteiger charge is -2.23. The van der Waals surface area contributed by atoms with Crippen LogP contribution in [0.1, 0.15) is 40.6 Å². The molecule has 184 valence electrons. The van der Waals surface area contributed by atoms with Gasteiger partial charge in [-0.15, -0.1) is 11.3 Å². The first-order valence-electron chi connectivity index (χ1n) is 10.8. The molecule has 0 radical (unpaired) electrons. The van der Waals surface area contributed by atoms with Crippen molar-refractivity contribution >= 4 is 34.8 Å². The number of hydrogen-bond acceptors (Lipinski definition) is 9. The summed E-state index contributed by atoms with van der Waals surface area (Å²) in [6, 6.07) is 5.47. The molecular formula is C24H24N8O3S. The fourth-order valence-electron chi connectivity index (χ4n) is 3.48. The molecule has 0 fully saturated rings. The van der Waals surface area contributed by atoms with E-state index in [1.54, 1.807) is 44.5 Å². The Morgan fingerprint density at radius 3 is 2.36 bits per heavy atom. The number of nitrogens with zero attached hydrogens (tertiary/aromatic N) is 6. The van der Waals surface area contributed by atoms with Gasteiger partial charge in [-0.2, -0.15) is 0 Å². The highest BCUT2D eigenvalue weighted by molar-refractivity contribution is 7.09. The average molecular weight is 505 g/mol. The van der Waals surface area contributed by atoms with Crippen LogP contribution in [0.3, 0.4) is 0 Å². The number of anilines is 2. The minimum atomic E-state index is -1.25. The van der Waals surface area contributed by atoms with Gasteiger partial charge in [-0.3, -0.25) is 9.78 Å². The number of amides is 3. The predicted molar refractivity (Wildman–Crippen MR) is 136 cm³/mol. The lowest BCUT2D eigenvalue weighted by Crippen LogP contribution is -2.33. The number of carbonyl (C=O) groups excluding carboxylic acids is 2. The number of aromatic nitrogens is 5. The molecule has 0 saturated carbocycles. The van der Waals surface area contributed by atoms with Gasteiger partial charge in [0.25, 0.3) is 5.91 Å². The van der Waals surface area contributed by atoms with Crippen molar-refractivity contribution in [1.29, 1.82) is 0 Å². The van der Waals surface area contributed by atoms with E-state index < -0.39 is 17.5 Å². The molecular weight excluding hydrogens is 480 g/mol. The number of hydrogen-bond donors (Lipinski definition) is 3. The standard InChI is InChI=1S/C24H24N8O3S/c1-12-10-28-16(15-7-8-27-22(30-15)24(3,4)35)9-18(12)32(23(26)34)19-6-5-14(21(25)33)20(31-19)17-11-36-13(2)29-17/h5-11,35H,1-4H3,(H2,25,33)(H2,26,34). The first-order valence-corrected chi connectivity index (χ1v) is 11.7. The van der Waals surface area contributed by atoms with Gasteiger partial charge in [0.1, 0.15) is 22.8 Å². The molecule has 0 bridgehead atoms. The van der Waals surface area contributed by atoms with Crippen LogP contribution in [-0.2, 0) is 5.60 Å². The summed E-state index contributed by atoms with van der Waals surface area (Å²) < 4.78 is 0. The van der Waals surface area contributed by atoms with Crippen molar-refractivity contribution in [1.82, 2.24) is 24.9 Å². The molecule has 0 aromatic carbocycles. The van der Waals surface area contributed by atoms with Gasteiger partial charge >= 0.3 is 6.03 Å². The first-order chi connectivity index (χ1) is 17.0. The summed E-state index contributed by atoms with van der Waals surface area (Å²) >= 11 is 1.39. The van der Waals surface area contributed by atoms with E-state index >= 15 is 0 Å². The van der Waals surface area contributed by atoms with Gasteiger partial charge in [0, 0.05) is 17.8 Å². The molecule has 0 aliphatic rings. The van der Waals surface area contributed by atoms with Crippen molar-refractivity contribution < 1.29 is 14.7 Å². The second-order valence-electron chi connectivity index (χ2n) is 8.54. The van der Waals surface area contributed by atoms with Gasteiger partial charge in [0.15, 0.2) is 5.82 Å². The first kappa shape index (κ1) is 24.8. The zero-order valence-electron chi connectivity index (χ0n) is 20.1. The number of urea groups is 1. The fourth-order valence-corrected chi connectivity index (χ4v) is 4.08. The molecule has 0 unspecified atom stereocenters. The van der Waals surface area contributed by atoms with E-state index in [-0.39, 0.29) is 22.9 Å². The highest BCUT2D eigenvalue weighted by Gasteiger charge is 2.24. The monoisotopic (exact) mass is 504 g/mol. The van der Waals surface area contributed by atoms with Crippen molar-refractivity contribution in [3.8, 4) is 22.8 Å². The molecule has 0 aliphatic heterocycles. The van der Waals surface area contributed by atoms with Gasteiger partial charge in [-0.05, 0) is 57.5 Å². The van der Waals surface area contributed by atoms with Crippen molar-refractivity contribution in [2.45, 2.75) is 33.3 Å². The summed E-state index contributed by atoms with van der Waals surface area (Å²) in [6.45, 7) is 6.76. The second kappa shape index (κ2) is 9.40. The van der Waals surface area contributed by atoms with Crippen LogP contribution in [0.25, 0.3) is 22.8 Å². The molecule has 3 amide bonds. The molecule has 0 spiro atoms. The summed E-state index contributed by atoms with van der Waals surface area (Å²) in [5.74, 6) is -0.273. The van der Waals surface area contributed by atoms with E-state index in [1.165, 1.54) is 34.6 Å². The van der Waals surface area contributed by atoms with Crippen LogP contribution >= 0.6 is 11.3 Å². The second-order valence-corrected chi connectivity index (χ2v) is 9.60. The van der Waals surface area contributed by atoms with E-state index in [2.05, 4.69) is 24.9 Å². The molecule has 36 heavy (non-hydrogen) atoms. The van der Waals surface area contributed by atoms with Crippen LogP contribution in [0.2, 0.25) is 0 Å². The molecule has 4 rings (SSSR count). The van der Waals surface area contributed by atoms with E-state index in [4.69, 9.17) is 11.5 Å². The molecule has 0 aliphatic carbocycles. The molecule has 11 nitrogen and oxygen atoms in total. The van der Waals surface area contributed by atoms with Gasteiger partial charge in [-0.1, -0.05) is 0 Å². The zero-order chi connectivity index (χ0) is 26.2. The topological polar surface area (TPSA) is 174 Å². The van der Waals surface area contributed by atoms with Crippen molar-refractivity contribution in [3.63, 3.8) is 0 Å². The molecule has 4 aromatic heterocycles. The lowest BCUT2D eigenvalue weighted by atomic mass is 10.1. The van der Waals surface area contributed by atoms with E-state index in [0.29, 0.717) is 28.3 Å². The maximum atomic E-state index is 12.7. The van der Waals surface area contributed by atoms with Crippen LogP contribution in [0.5, 0.6) is 0 Å². The van der Waals surface area contributed by atoms with Crippen molar-refractivity contribution in [2.75, 3.05) is 4.90 Å². The number of nitrogens with two attached hydrogens (primary N) is 2. The average Bonchev–Trinajstić information content (AvgIpc) is 3.25. The van der Waals surface area contributed by atoms with Crippen molar-refractivity contribution in [2.24, 2.45) is 11.5 Å². The Labute approximate surface area is 210 Å². The third-order valence-electron chi connectivity index (χ3n) is 5.24. The summed E-state index contributed by atoms with van der Waals surface area (Å²) in [5.41, 5.74) is 12.9. The maximum absolute atomic E-state index is 12.7. The number of thiazole rings is 1. The van der Waals surface area contributed by atoms with E-state index in [9.17, 15) is 14.7 Å². The van der Waals surface area contributed by atoms with Gasteiger partial charge < -0.3 is 16.6 Å². The molecule has 5 N–H and O–H groups in total. The minimum Gasteiger partial charge on any atom is -0.382 e. The lowest BCUT2D eigenvalue weighted by molar-refractivity contribution is 0.0688. The summed E-state index contributed by atoms with van der Waals surface area (Å²) in [4.78, 5) is 47.9. The Hall–Kier alpha value is -4.29. The number of primary amides is 2. The number of carbonyl (C=O) groups is 2. The Morgan fingerprint density at radius 2 is 1.75 bits per heavy atom. The fraction of sp³-hybridized carbons (Fsp3) is 0.208. The van der Waals surface area contributed by atoms with Crippen LogP contribution < -0.4 is 16.4 Å². The summed E-state index contributed by atoms with van der Waals surface area (Å²) in [6.07, 6.45) is 3.10. The number of pyridine rings is 2. The quantitative estimate of drug-likeness (QED) is 0.359. The zero-order valence-corrected chi connectivity index (χ0v) is 20.9. The van der Waals surface area contributed by atoms with Gasteiger partial charge in [0.2, 0.25) is 0 Å². The number of aryl methyl sites for hydroxylation is 2. The van der Waals surface area contributed by atoms with E-state index in [1.807, 2.05) is 6.92 Å². The summed E-state index contributed by atoms with van der Waals surface area (Å²) in [5, 5.41) is 12.8. The highest BCUT2D eigenvalue weighted by Crippen LogP contribution is 2.33. The summed E-state index contributed by atoms with van der Waals surface area (Å²) in [7, 11) is 0. The van der Waals surface area contributed by atoms with Gasteiger partial charge in [0.05, 0.1) is 27.6 Å². The third kappa shape index (κ3) is 4.90. The Morgan fingerprint density at radius 1 is 1.00 bits per heavy atom. The molecule has 0 saturated heterocycles. The highest BCUT2D eigenvalue weighted by atomic mass is 32.1. The SMILES string of the molecule is Cc1nc(-c2nc(N(C(N)=O)c3cc(-c4ccnc(C(C)(C)O)n4)ncc3C)ccc2C(N)=O)cs1. The van der Waals surface area contributed by atoms with Gasteiger partial charge in [-0.25, -0.2) is 29.6 Å². The van der Waals surface area contributed by atoms with E-state index in [0.717, 1.165) is 5.01 Å². The van der Waals surface area contributed by atoms with Crippen LogP contribution in [0.15, 0.2) is 42.0 Å². The normalized spacial score (nSPS) is 11.4. The Bertz CT molecular complexity index is 1480. The number of rotatable bonds is 6. The van der Waals surface area contributed by atoms with Crippen LogP contribution in [0.4, 0.5) is 16.3 Å². The Kier molecular flexibility index (Phi) is 6.48. The smallest absolute Gasteiger partial charge is 0.325 e.